The van der Waals surface area contributed by atoms with Crippen molar-refractivity contribution in [3.8, 4) is 0 Å². The van der Waals surface area contributed by atoms with Crippen LogP contribution in [0.5, 0.6) is 0 Å². The molecule has 2 atom stereocenters. The summed E-state index contributed by atoms with van der Waals surface area (Å²) in [5, 5.41) is 31.8. The summed E-state index contributed by atoms with van der Waals surface area (Å²) in [6.45, 7) is 0.740. The summed E-state index contributed by atoms with van der Waals surface area (Å²) >= 11 is 0. The number of allylic oxidation sites excluding steroid dienone is 1. The van der Waals surface area contributed by atoms with Crippen LogP contribution in [0, 0.1) is 10.1 Å². The molecule has 2 aromatic rings. The Morgan fingerprint density at radius 2 is 1.78 bits per heavy atom. The van der Waals surface area contributed by atoms with Crippen LogP contribution in [-0.4, -0.2) is 59.4 Å². The number of nitro groups is 1. The number of aliphatic hydroxyl groups is 1. The topological polar surface area (TPSA) is 176 Å². The first-order chi connectivity index (χ1) is 17.3. The number of rotatable bonds is 19. The third kappa shape index (κ3) is 9.59. The van der Waals surface area contributed by atoms with Crippen LogP contribution in [0.15, 0.2) is 28.9 Å². The first-order valence-electron chi connectivity index (χ1n) is 12.3. The Morgan fingerprint density at radius 3 is 2.44 bits per heavy atom. The number of nitrogens with zero attached hydrogens (tertiary/aromatic N) is 3. The van der Waals surface area contributed by atoms with E-state index in [0.29, 0.717) is 17.6 Å². The monoisotopic (exact) mass is 527 g/mol. The van der Waals surface area contributed by atoms with Gasteiger partial charge in [-0.25, -0.2) is 4.63 Å². The van der Waals surface area contributed by atoms with Crippen LogP contribution >= 0.6 is 7.60 Å². The molecule has 202 valence electrons. The highest BCUT2D eigenvalue weighted by Gasteiger charge is 2.23. The largest absolute Gasteiger partial charge is 0.387 e. The lowest BCUT2D eigenvalue weighted by molar-refractivity contribution is -0.383. The number of non-ortho nitro benzene ring substituents is 1. The summed E-state index contributed by atoms with van der Waals surface area (Å²) in [6, 6.07) is 2.52. The summed E-state index contributed by atoms with van der Waals surface area (Å²) in [6.07, 6.45) is 11.9. The van der Waals surface area contributed by atoms with Crippen molar-refractivity contribution < 1.29 is 28.3 Å². The number of hydrogen-bond acceptors (Lipinski definition) is 11. The van der Waals surface area contributed by atoms with Gasteiger partial charge in [0.2, 0.25) is 5.52 Å². The van der Waals surface area contributed by atoms with Gasteiger partial charge in [0.25, 0.3) is 0 Å². The van der Waals surface area contributed by atoms with Crippen LogP contribution < -0.4 is 11.1 Å². The van der Waals surface area contributed by atoms with Gasteiger partial charge in [-0.3, -0.25) is 14.7 Å². The van der Waals surface area contributed by atoms with Crippen molar-refractivity contribution in [2.75, 3.05) is 32.2 Å². The van der Waals surface area contributed by atoms with Crippen LogP contribution in [0.25, 0.3) is 11.0 Å². The van der Waals surface area contributed by atoms with E-state index in [1.165, 1.54) is 20.3 Å². The van der Waals surface area contributed by atoms with E-state index >= 15 is 0 Å². The molecule has 0 aliphatic carbocycles. The highest BCUT2D eigenvalue weighted by atomic mass is 31.2. The number of unbranched alkanes of at least 4 members (excludes halogenated alkanes) is 7. The molecule has 1 aromatic carbocycles. The highest BCUT2D eigenvalue weighted by Crippen LogP contribution is 2.47. The van der Waals surface area contributed by atoms with Crippen molar-refractivity contribution in [1.29, 1.82) is 0 Å². The molecule has 36 heavy (non-hydrogen) atoms. The standard InChI is InChI=1S/C23H38N5O7P/c1-33-36(32,34-2)17-15-18(24)21(29)12-10-8-6-4-3-5-7-9-11-16-25-19-13-14-20(28(30)31)23-22(19)26-35-27-23/h10,12-14,18,21,25,29H,3-9,11,15-17,24H2,1-2H3/b12-10+/t18-,21-/m1/s1. The maximum absolute atomic E-state index is 12.0. The number of fused-ring (bicyclic) bond motifs is 1. The van der Waals surface area contributed by atoms with Crippen molar-refractivity contribution >= 4 is 30.0 Å². The second-order valence-electron chi connectivity index (χ2n) is 8.61. The molecule has 0 unspecified atom stereocenters. The summed E-state index contributed by atoms with van der Waals surface area (Å²) in [4.78, 5) is 10.5. The molecule has 12 nitrogen and oxygen atoms in total. The molecule has 0 spiro atoms. The minimum atomic E-state index is -3.10. The maximum Gasteiger partial charge on any atom is 0.330 e. The van der Waals surface area contributed by atoms with Gasteiger partial charge in [-0.05, 0) is 42.1 Å². The molecule has 0 amide bonds. The van der Waals surface area contributed by atoms with E-state index in [9.17, 15) is 19.8 Å². The number of nitrogens with two attached hydrogens (primary N) is 1. The first-order valence-corrected chi connectivity index (χ1v) is 14.0. The maximum atomic E-state index is 12.0. The molecular formula is C23H38N5O7P. The Hall–Kier alpha value is -2.37. The van der Waals surface area contributed by atoms with Gasteiger partial charge < -0.3 is 25.2 Å². The number of nitro benzene ring substituents is 1. The van der Waals surface area contributed by atoms with E-state index in [-0.39, 0.29) is 17.4 Å². The zero-order valence-corrected chi connectivity index (χ0v) is 21.9. The molecule has 0 saturated heterocycles. The number of hydrogen-bond donors (Lipinski definition) is 3. The van der Waals surface area contributed by atoms with E-state index in [2.05, 4.69) is 20.3 Å². The second-order valence-corrected chi connectivity index (χ2v) is 11.0. The van der Waals surface area contributed by atoms with Gasteiger partial charge in [-0.15, -0.1) is 0 Å². The Bertz CT molecular complexity index is 1010. The number of aromatic nitrogens is 2. The zero-order chi connectivity index (χ0) is 26.4. The van der Waals surface area contributed by atoms with Crippen LogP contribution in [0.2, 0.25) is 0 Å². The van der Waals surface area contributed by atoms with E-state index in [0.717, 1.165) is 57.9 Å². The minimum absolute atomic E-state index is 0.120. The quantitative estimate of drug-likeness (QED) is 0.0753. The Labute approximate surface area is 211 Å². The highest BCUT2D eigenvalue weighted by molar-refractivity contribution is 7.53. The normalized spacial score (nSPS) is 13.9. The van der Waals surface area contributed by atoms with Crippen molar-refractivity contribution in [3.05, 3.63) is 34.4 Å². The molecule has 1 aromatic heterocycles. The fourth-order valence-electron chi connectivity index (χ4n) is 3.75. The lowest BCUT2D eigenvalue weighted by Gasteiger charge is -2.18. The number of nitrogens with one attached hydrogen (secondary N) is 1. The van der Waals surface area contributed by atoms with Crippen molar-refractivity contribution in [1.82, 2.24) is 10.3 Å². The second kappa shape index (κ2) is 15.7. The van der Waals surface area contributed by atoms with Crippen LogP contribution in [0.1, 0.15) is 57.8 Å². The molecule has 0 fully saturated rings. The Morgan fingerprint density at radius 1 is 1.14 bits per heavy atom. The van der Waals surface area contributed by atoms with Crippen molar-refractivity contribution in [2.45, 2.75) is 69.9 Å². The van der Waals surface area contributed by atoms with Gasteiger partial charge in [0.05, 0.1) is 22.9 Å². The van der Waals surface area contributed by atoms with Crippen LogP contribution in [-0.2, 0) is 13.6 Å². The molecule has 0 aliphatic rings. The summed E-state index contributed by atoms with van der Waals surface area (Å²) in [5.74, 6) is 0. The third-order valence-corrected chi connectivity index (χ3v) is 7.94. The average Bonchev–Trinajstić information content (AvgIpc) is 3.37. The fourth-order valence-corrected chi connectivity index (χ4v) is 4.88. The van der Waals surface area contributed by atoms with Crippen LogP contribution in [0.4, 0.5) is 11.4 Å². The number of benzene rings is 1. The van der Waals surface area contributed by atoms with E-state index < -0.39 is 24.7 Å². The molecule has 1 heterocycles. The number of anilines is 1. The smallest absolute Gasteiger partial charge is 0.330 e. The number of aliphatic hydroxyl groups excluding tert-OH is 1. The lowest BCUT2D eigenvalue weighted by Crippen LogP contribution is -2.34. The van der Waals surface area contributed by atoms with E-state index in [4.69, 9.17) is 14.8 Å². The zero-order valence-electron chi connectivity index (χ0n) is 21.0. The van der Waals surface area contributed by atoms with Crippen LogP contribution in [0.3, 0.4) is 0 Å². The van der Waals surface area contributed by atoms with Gasteiger partial charge in [0, 0.05) is 32.9 Å². The lowest BCUT2D eigenvalue weighted by atomic mass is 10.1. The van der Waals surface area contributed by atoms with Gasteiger partial charge in [-0.1, -0.05) is 44.3 Å². The molecule has 4 N–H and O–H groups in total. The average molecular weight is 528 g/mol. The fraction of sp³-hybridized carbons (Fsp3) is 0.652. The third-order valence-electron chi connectivity index (χ3n) is 6.02. The molecular weight excluding hydrogens is 489 g/mol. The van der Waals surface area contributed by atoms with E-state index in [1.807, 2.05) is 6.08 Å². The SMILES string of the molecule is COP(=O)(CC[C@@H](N)[C@H](O)/C=C/CCCCCCCCCNc1ccc([N+](=O)[O-])c2nonc12)OC. The Kier molecular flexibility index (Phi) is 13.0. The van der Waals surface area contributed by atoms with Crippen molar-refractivity contribution in [2.24, 2.45) is 5.73 Å². The molecule has 0 bridgehead atoms. The van der Waals surface area contributed by atoms with E-state index in [1.54, 1.807) is 12.1 Å². The molecule has 0 saturated carbocycles. The summed E-state index contributed by atoms with van der Waals surface area (Å²) in [7, 11) is -0.433. The van der Waals surface area contributed by atoms with Gasteiger partial charge in [0.15, 0.2) is 5.52 Å². The van der Waals surface area contributed by atoms with Gasteiger partial charge in [0.1, 0.15) is 0 Å². The molecule has 2 rings (SSSR count). The van der Waals surface area contributed by atoms with Gasteiger partial charge >= 0.3 is 13.3 Å². The summed E-state index contributed by atoms with van der Waals surface area (Å²) in [5.41, 5.74) is 7.04. The molecule has 13 heteroatoms. The predicted molar refractivity (Wildman–Crippen MR) is 138 cm³/mol. The molecule has 0 radical (unpaired) electrons. The summed E-state index contributed by atoms with van der Waals surface area (Å²) < 4.78 is 26.5. The van der Waals surface area contributed by atoms with Gasteiger partial charge in [-0.2, -0.15) is 0 Å². The molecule has 0 aliphatic heterocycles. The predicted octanol–water partition coefficient (Wildman–Crippen LogP) is 4.78. The van der Waals surface area contributed by atoms with Crippen molar-refractivity contribution in [3.63, 3.8) is 0 Å². The first kappa shape index (κ1) is 29.9. The minimum Gasteiger partial charge on any atom is -0.387 e. The Balaban J connectivity index is 1.50.